The van der Waals surface area contributed by atoms with Gasteiger partial charge in [0.15, 0.2) is 0 Å². The Morgan fingerprint density at radius 2 is 2.15 bits per heavy atom. The number of aryl methyl sites for hydroxylation is 1. The number of nitrogens with zero attached hydrogens (tertiary/aromatic N) is 2. The van der Waals surface area contributed by atoms with Crippen LogP contribution >= 0.6 is 0 Å². The molecule has 2 N–H and O–H groups in total. The van der Waals surface area contributed by atoms with E-state index in [0.29, 0.717) is 12.3 Å². The van der Waals surface area contributed by atoms with E-state index >= 15 is 0 Å². The minimum atomic E-state index is -0.250. The molecule has 1 saturated heterocycles. The second-order valence-electron chi connectivity index (χ2n) is 6.68. The maximum atomic E-state index is 12.3. The number of hydrogen-bond acceptors (Lipinski definition) is 4. The molecule has 2 heterocycles. The summed E-state index contributed by atoms with van der Waals surface area (Å²) in [5.41, 5.74) is 2.27. The van der Waals surface area contributed by atoms with Gasteiger partial charge >= 0.3 is 0 Å². The van der Waals surface area contributed by atoms with Crippen LogP contribution in [0.1, 0.15) is 30.7 Å². The van der Waals surface area contributed by atoms with E-state index < -0.39 is 0 Å². The number of benzene rings is 1. The zero-order valence-electron chi connectivity index (χ0n) is 15.5. The predicted molar refractivity (Wildman–Crippen MR) is 101 cm³/mol. The minimum absolute atomic E-state index is 0.0166. The third kappa shape index (κ3) is 4.31. The number of ether oxygens (including phenoxy) is 1. The van der Waals surface area contributed by atoms with Gasteiger partial charge in [0.1, 0.15) is 6.10 Å². The van der Waals surface area contributed by atoms with E-state index in [9.17, 15) is 4.79 Å². The highest BCUT2D eigenvalue weighted by molar-refractivity contribution is 5.81. The number of rotatable bonds is 8. The summed E-state index contributed by atoms with van der Waals surface area (Å²) >= 11 is 0. The molecule has 0 aliphatic carbocycles. The molecule has 0 spiro atoms. The van der Waals surface area contributed by atoms with Crippen LogP contribution in [0.25, 0.3) is 0 Å². The molecule has 3 rings (SSSR count). The van der Waals surface area contributed by atoms with E-state index in [1.165, 1.54) is 0 Å². The van der Waals surface area contributed by atoms with Crippen LogP contribution in [-0.4, -0.2) is 41.9 Å². The van der Waals surface area contributed by atoms with Gasteiger partial charge in [-0.25, -0.2) is 0 Å². The Labute approximate surface area is 154 Å². The highest BCUT2D eigenvalue weighted by Crippen LogP contribution is 2.34. The van der Waals surface area contributed by atoms with Crippen LogP contribution in [0.3, 0.4) is 0 Å². The van der Waals surface area contributed by atoms with E-state index in [0.717, 1.165) is 37.4 Å². The number of nitrogens with one attached hydrogen (secondary N) is 2. The van der Waals surface area contributed by atoms with Crippen LogP contribution in [0.15, 0.2) is 42.6 Å². The number of carbonyl (C=O) groups is 1. The fourth-order valence-electron chi connectivity index (χ4n) is 3.59. The molecule has 6 heteroatoms. The molecular formula is C20H28N4O2. The Morgan fingerprint density at radius 3 is 2.88 bits per heavy atom. The van der Waals surface area contributed by atoms with Crippen molar-refractivity contribution in [3.8, 4) is 0 Å². The lowest BCUT2D eigenvalue weighted by molar-refractivity contribution is -0.122. The minimum Gasteiger partial charge on any atom is -0.372 e. The molecule has 1 aromatic heterocycles. The van der Waals surface area contributed by atoms with E-state index in [4.69, 9.17) is 4.74 Å². The van der Waals surface area contributed by atoms with Crippen molar-refractivity contribution in [3.05, 3.63) is 53.9 Å². The van der Waals surface area contributed by atoms with Gasteiger partial charge in [-0.3, -0.25) is 9.48 Å². The summed E-state index contributed by atoms with van der Waals surface area (Å²) in [7, 11) is 1.68. The van der Waals surface area contributed by atoms with Gasteiger partial charge in [0.05, 0.1) is 11.7 Å². The standard InChI is InChI=1S/C20H28N4O2/c1-3-24-18(9-11-23-24)19-16(10-12-26-19)14-22-17(20(25)21-2)13-15-7-5-4-6-8-15/h4-9,11,16-17,19,22H,3,10,12-14H2,1-2H3,(H,21,25)/t16-,17+,19+/m0/s1. The van der Waals surface area contributed by atoms with Gasteiger partial charge in [0.2, 0.25) is 5.91 Å². The first kappa shape index (κ1) is 18.6. The molecule has 0 unspecified atom stereocenters. The molecule has 3 atom stereocenters. The van der Waals surface area contributed by atoms with Gasteiger partial charge in [-0.05, 0) is 31.4 Å². The zero-order chi connectivity index (χ0) is 18.4. The third-order valence-electron chi connectivity index (χ3n) is 5.03. The SMILES string of the molecule is CCn1nccc1[C@@H]1OCC[C@H]1CN[C@H](Cc1ccccc1)C(=O)NC. The second-order valence-corrected chi connectivity index (χ2v) is 6.68. The molecule has 0 saturated carbocycles. The Bertz CT molecular complexity index is 701. The molecule has 0 bridgehead atoms. The van der Waals surface area contributed by atoms with E-state index in [1.54, 1.807) is 7.05 Å². The van der Waals surface area contributed by atoms with Crippen LogP contribution in [0.5, 0.6) is 0 Å². The molecule has 26 heavy (non-hydrogen) atoms. The monoisotopic (exact) mass is 356 g/mol. The van der Waals surface area contributed by atoms with Crippen molar-refractivity contribution in [3.63, 3.8) is 0 Å². The number of likely N-dealkylation sites (N-methyl/N-ethyl adjacent to an activating group) is 1. The first-order valence-electron chi connectivity index (χ1n) is 9.35. The molecule has 2 aromatic rings. The van der Waals surface area contributed by atoms with Gasteiger partial charge in [0.25, 0.3) is 0 Å². The lowest BCUT2D eigenvalue weighted by Gasteiger charge is -2.23. The zero-order valence-corrected chi connectivity index (χ0v) is 15.5. The van der Waals surface area contributed by atoms with Gasteiger partial charge in [-0.15, -0.1) is 0 Å². The summed E-state index contributed by atoms with van der Waals surface area (Å²) in [6, 6.07) is 11.9. The average molecular weight is 356 g/mol. The first-order chi connectivity index (χ1) is 12.7. The molecule has 0 radical (unpaired) electrons. The molecule has 6 nitrogen and oxygen atoms in total. The van der Waals surface area contributed by atoms with Crippen LogP contribution in [0, 0.1) is 5.92 Å². The van der Waals surface area contributed by atoms with Crippen LogP contribution in [0.4, 0.5) is 0 Å². The lowest BCUT2D eigenvalue weighted by atomic mass is 9.97. The van der Waals surface area contributed by atoms with Crippen molar-refractivity contribution in [1.82, 2.24) is 20.4 Å². The summed E-state index contributed by atoms with van der Waals surface area (Å²) in [6.07, 6.45) is 3.52. The molecular weight excluding hydrogens is 328 g/mol. The number of carbonyl (C=O) groups excluding carboxylic acids is 1. The maximum Gasteiger partial charge on any atom is 0.237 e. The van der Waals surface area contributed by atoms with E-state index in [-0.39, 0.29) is 18.1 Å². The molecule has 140 valence electrons. The van der Waals surface area contributed by atoms with Gasteiger partial charge in [0, 0.05) is 38.9 Å². The summed E-state index contributed by atoms with van der Waals surface area (Å²) < 4.78 is 7.98. The summed E-state index contributed by atoms with van der Waals surface area (Å²) in [5.74, 6) is 0.350. The summed E-state index contributed by atoms with van der Waals surface area (Å²) in [4.78, 5) is 12.3. The maximum absolute atomic E-state index is 12.3. The van der Waals surface area contributed by atoms with E-state index in [2.05, 4.69) is 34.8 Å². The van der Waals surface area contributed by atoms with Crippen LogP contribution in [0.2, 0.25) is 0 Å². The lowest BCUT2D eigenvalue weighted by Crippen LogP contribution is -2.46. The Hall–Kier alpha value is -2.18. The topological polar surface area (TPSA) is 68.2 Å². The second kappa shape index (κ2) is 8.96. The first-order valence-corrected chi connectivity index (χ1v) is 9.35. The normalized spacial score (nSPS) is 20.8. The molecule has 1 fully saturated rings. The van der Waals surface area contributed by atoms with Crippen LogP contribution < -0.4 is 10.6 Å². The Balaban J connectivity index is 1.65. The number of aromatic nitrogens is 2. The van der Waals surface area contributed by atoms with Gasteiger partial charge in [-0.1, -0.05) is 30.3 Å². The van der Waals surface area contributed by atoms with Crippen molar-refractivity contribution in [2.75, 3.05) is 20.2 Å². The van der Waals surface area contributed by atoms with Crippen LogP contribution in [-0.2, 0) is 22.5 Å². The average Bonchev–Trinajstić information content (AvgIpc) is 3.33. The molecule has 1 amide bonds. The largest absolute Gasteiger partial charge is 0.372 e. The number of amides is 1. The smallest absolute Gasteiger partial charge is 0.237 e. The van der Waals surface area contributed by atoms with Crippen molar-refractivity contribution in [2.24, 2.45) is 5.92 Å². The van der Waals surface area contributed by atoms with Crippen molar-refractivity contribution in [1.29, 1.82) is 0 Å². The fraction of sp³-hybridized carbons (Fsp3) is 0.500. The van der Waals surface area contributed by atoms with Crippen molar-refractivity contribution < 1.29 is 9.53 Å². The Kier molecular flexibility index (Phi) is 6.41. The molecule has 1 aliphatic heterocycles. The number of hydrogen-bond donors (Lipinski definition) is 2. The molecule has 1 aromatic carbocycles. The highest BCUT2D eigenvalue weighted by Gasteiger charge is 2.32. The van der Waals surface area contributed by atoms with Crippen molar-refractivity contribution >= 4 is 5.91 Å². The van der Waals surface area contributed by atoms with Gasteiger partial charge < -0.3 is 15.4 Å². The fourth-order valence-corrected chi connectivity index (χ4v) is 3.59. The quantitative estimate of drug-likeness (QED) is 0.758. The highest BCUT2D eigenvalue weighted by atomic mass is 16.5. The summed E-state index contributed by atoms with van der Waals surface area (Å²) in [6.45, 7) is 4.40. The van der Waals surface area contributed by atoms with E-state index in [1.807, 2.05) is 35.1 Å². The van der Waals surface area contributed by atoms with Crippen molar-refractivity contribution in [2.45, 2.75) is 38.5 Å². The summed E-state index contributed by atoms with van der Waals surface area (Å²) in [5, 5.41) is 10.6. The molecule has 1 aliphatic rings. The predicted octanol–water partition coefficient (Wildman–Crippen LogP) is 1.93. The third-order valence-corrected chi connectivity index (χ3v) is 5.03. The van der Waals surface area contributed by atoms with Gasteiger partial charge in [-0.2, -0.15) is 5.10 Å². The Morgan fingerprint density at radius 1 is 1.35 bits per heavy atom.